The third-order valence-electron chi connectivity index (χ3n) is 4.97. The van der Waals surface area contributed by atoms with Crippen molar-refractivity contribution in [1.82, 2.24) is 19.8 Å². The van der Waals surface area contributed by atoms with Crippen LogP contribution in [0.2, 0.25) is 0 Å². The molecular formula is C25H39N5O2. The number of hydrogen-bond acceptors (Lipinski definition) is 4. The first kappa shape index (κ1) is 27.1. The van der Waals surface area contributed by atoms with Gasteiger partial charge in [-0.1, -0.05) is 58.0 Å². The number of hydrogen-bond donors (Lipinski definition) is 2. The molecule has 2 N–H and O–H groups in total. The molecule has 2 rings (SSSR count). The molecule has 0 atom stereocenters. The van der Waals surface area contributed by atoms with Crippen molar-refractivity contribution < 1.29 is 9.59 Å². The summed E-state index contributed by atoms with van der Waals surface area (Å²) in [4.78, 5) is 29.6. The Morgan fingerprint density at radius 3 is 2.53 bits per heavy atom. The van der Waals surface area contributed by atoms with E-state index in [0.717, 1.165) is 43.6 Å². The van der Waals surface area contributed by atoms with E-state index in [-0.39, 0.29) is 5.91 Å². The average Bonchev–Trinajstić information content (AvgIpc) is 3.21. The number of aromatic nitrogens is 2. The smallest absolute Gasteiger partial charge is 0.273 e. The van der Waals surface area contributed by atoms with Gasteiger partial charge in [-0.3, -0.25) is 9.59 Å². The summed E-state index contributed by atoms with van der Waals surface area (Å²) in [5.74, 6) is 0.483. The Balaban J connectivity index is 0.000000482. The number of carbonyl (C=O) groups excluding carboxylic acids is 2. The van der Waals surface area contributed by atoms with Crippen LogP contribution in [0.1, 0.15) is 62.4 Å². The minimum absolute atomic E-state index is 0.191. The second kappa shape index (κ2) is 15.8. The average molecular weight is 442 g/mol. The fourth-order valence-corrected chi connectivity index (χ4v) is 3.03. The van der Waals surface area contributed by atoms with Crippen LogP contribution < -0.4 is 10.6 Å². The maximum Gasteiger partial charge on any atom is 0.273 e. The Morgan fingerprint density at radius 1 is 1.16 bits per heavy atom. The van der Waals surface area contributed by atoms with E-state index >= 15 is 0 Å². The van der Waals surface area contributed by atoms with Crippen molar-refractivity contribution >= 4 is 18.0 Å². The van der Waals surface area contributed by atoms with Crippen LogP contribution in [0.3, 0.4) is 0 Å². The predicted octanol–water partition coefficient (Wildman–Crippen LogP) is 4.26. The number of allylic oxidation sites excluding steroid dienone is 1. The van der Waals surface area contributed by atoms with Gasteiger partial charge in [0.25, 0.3) is 5.91 Å². The molecule has 0 spiro atoms. The molecular weight excluding hydrogens is 402 g/mol. The van der Waals surface area contributed by atoms with Crippen LogP contribution in [-0.2, 0) is 24.3 Å². The van der Waals surface area contributed by atoms with Crippen molar-refractivity contribution in [2.75, 3.05) is 25.5 Å². The predicted molar refractivity (Wildman–Crippen MR) is 132 cm³/mol. The van der Waals surface area contributed by atoms with Crippen LogP contribution in [0.5, 0.6) is 0 Å². The molecule has 2 amide bonds. The normalized spacial score (nSPS) is 10.7. The number of aryl methyl sites for hydroxylation is 1. The number of imidazole rings is 1. The molecule has 7 nitrogen and oxygen atoms in total. The first-order valence-corrected chi connectivity index (χ1v) is 11.5. The molecule has 0 aliphatic rings. The summed E-state index contributed by atoms with van der Waals surface area (Å²) in [6, 6.07) is 7.75. The highest BCUT2D eigenvalue weighted by molar-refractivity contribution is 6.03. The third kappa shape index (κ3) is 9.06. The maximum atomic E-state index is 12.6. The molecule has 0 bridgehead atoms. The Morgan fingerprint density at radius 2 is 1.91 bits per heavy atom. The quantitative estimate of drug-likeness (QED) is 0.381. The lowest BCUT2D eigenvalue weighted by molar-refractivity contribution is -0.109. The van der Waals surface area contributed by atoms with E-state index in [1.165, 1.54) is 0 Å². The van der Waals surface area contributed by atoms with Gasteiger partial charge in [-0.15, -0.1) is 0 Å². The molecule has 0 radical (unpaired) electrons. The fourth-order valence-electron chi connectivity index (χ4n) is 3.03. The van der Waals surface area contributed by atoms with Crippen molar-refractivity contribution in [2.24, 2.45) is 0 Å². The van der Waals surface area contributed by atoms with Crippen molar-refractivity contribution in [1.29, 1.82) is 0 Å². The van der Waals surface area contributed by atoms with E-state index in [4.69, 9.17) is 0 Å². The number of carbonyl (C=O) groups is 2. The summed E-state index contributed by atoms with van der Waals surface area (Å²) >= 11 is 0. The van der Waals surface area contributed by atoms with Gasteiger partial charge in [0, 0.05) is 18.8 Å². The molecule has 0 aliphatic carbocycles. The highest BCUT2D eigenvalue weighted by atomic mass is 16.2. The molecule has 0 fully saturated rings. The number of likely N-dealkylation sites (N-methyl/N-ethyl adjacent to an activating group) is 1. The van der Waals surface area contributed by atoms with Gasteiger partial charge in [0.1, 0.15) is 11.5 Å². The molecule has 0 unspecified atom stereocenters. The lowest BCUT2D eigenvalue weighted by atomic mass is 10.1. The lowest BCUT2D eigenvalue weighted by Gasteiger charge is -2.12. The van der Waals surface area contributed by atoms with Gasteiger partial charge in [-0.05, 0) is 44.5 Å². The van der Waals surface area contributed by atoms with Gasteiger partial charge in [0.2, 0.25) is 6.41 Å². The monoisotopic (exact) mass is 441 g/mol. The van der Waals surface area contributed by atoms with Crippen LogP contribution in [0.15, 0.2) is 42.6 Å². The van der Waals surface area contributed by atoms with E-state index in [2.05, 4.69) is 60.5 Å². The first-order valence-electron chi connectivity index (χ1n) is 11.5. The summed E-state index contributed by atoms with van der Waals surface area (Å²) in [5, 5.41) is 5.54. The Kier molecular flexibility index (Phi) is 13.4. The van der Waals surface area contributed by atoms with Gasteiger partial charge in [0.15, 0.2) is 0 Å². The number of nitrogens with zero attached hydrogens (tertiary/aromatic N) is 3. The van der Waals surface area contributed by atoms with E-state index in [9.17, 15) is 9.59 Å². The molecule has 1 aromatic heterocycles. The summed E-state index contributed by atoms with van der Waals surface area (Å²) in [6.45, 7) is 11.6. The van der Waals surface area contributed by atoms with Crippen molar-refractivity contribution in [3.8, 4) is 0 Å². The van der Waals surface area contributed by atoms with E-state index < -0.39 is 0 Å². The highest BCUT2D eigenvalue weighted by Gasteiger charge is 2.16. The van der Waals surface area contributed by atoms with Gasteiger partial charge in [-0.25, -0.2) is 4.98 Å². The van der Waals surface area contributed by atoms with E-state index in [1.54, 1.807) is 6.20 Å². The Labute approximate surface area is 192 Å². The summed E-state index contributed by atoms with van der Waals surface area (Å²) in [5.41, 5.74) is 2.41. The zero-order chi connectivity index (χ0) is 23.8. The SMILES string of the molecule is CC/C=C/CN(C)CC.CCCn1c(C(=O)Nc2ccccc2CC)cnc1CNC=O. The second-order valence-corrected chi connectivity index (χ2v) is 7.41. The Hall–Kier alpha value is -2.93. The standard InChI is InChI=1S/C17H22N4O2.C8H17N/c1-3-9-21-15(10-19-16(21)11-18-12-22)17(23)20-14-8-6-5-7-13(14)4-2;1-4-6-7-8-9(3)5-2/h5-8,10,12H,3-4,9,11H2,1-2H3,(H,18,22)(H,20,23);6-7H,4-5,8H2,1-3H3/b;7-6+. The number of rotatable bonds is 12. The van der Waals surface area contributed by atoms with Crippen LogP contribution in [-0.4, -0.2) is 46.9 Å². The van der Waals surface area contributed by atoms with Crippen LogP contribution in [0.25, 0.3) is 0 Å². The summed E-state index contributed by atoms with van der Waals surface area (Å²) < 4.78 is 1.85. The van der Waals surface area contributed by atoms with Crippen LogP contribution in [0, 0.1) is 0 Å². The molecule has 1 aromatic carbocycles. The van der Waals surface area contributed by atoms with Gasteiger partial charge in [-0.2, -0.15) is 0 Å². The fraction of sp³-hybridized carbons (Fsp3) is 0.480. The minimum atomic E-state index is -0.191. The zero-order valence-corrected chi connectivity index (χ0v) is 20.2. The van der Waals surface area contributed by atoms with Gasteiger partial charge >= 0.3 is 0 Å². The topological polar surface area (TPSA) is 79.3 Å². The lowest BCUT2D eigenvalue weighted by Crippen LogP contribution is -2.21. The van der Waals surface area contributed by atoms with Gasteiger partial charge < -0.3 is 20.1 Å². The van der Waals surface area contributed by atoms with Crippen LogP contribution in [0.4, 0.5) is 5.69 Å². The minimum Gasteiger partial charge on any atom is -0.351 e. The number of amides is 2. The molecule has 0 saturated carbocycles. The molecule has 2 aromatic rings. The Bertz CT molecular complexity index is 845. The highest BCUT2D eigenvalue weighted by Crippen LogP contribution is 2.17. The largest absolute Gasteiger partial charge is 0.351 e. The maximum absolute atomic E-state index is 12.6. The summed E-state index contributed by atoms with van der Waals surface area (Å²) in [6.07, 6.45) is 9.46. The van der Waals surface area contributed by atoms with Crippen molar-refractivity contribution in [3.05, 3.63) is 59.7 Å². The molecule has 0 saturated heterocycles. The van der Waals surface area contributed by atoms with Crippen LogP contribution >= 0.6 is 0 Å². The number of nitrogens with one attached hydrogen (secondary N) is 2. The number of para-hydroxylation sites is 1. The van der Waals surface area contributed by atoms with E-state index in [0.29, 0.717) is 31.0 Å². The van der Waals surface area contributed by atoms with Gasteiger partial charge in [0.05, 0.1) is 12.7 Å². The second-order valence-electron chi connectivity index (χ2n) is 7.41. The molecule has 0 aliphatic heterocycles. The molecule has 176 valence electrons. The number of anilines is 1. The molecule has 7 heteroatoms. The molecule has 32 heavy (non-hydrogen) atoms. The molecule has 1 heterocycles. The van der Waals surface area contributed by atoms with E-state index in [1.807, 2.05) is 35.8 Å². The third-order valence-corrected chi connectivity index (χ3v) is 4.97. The first-order chi connectivity index (χ1) is 15.5. The zero-order valence-electron chi connectivity index (χ0n) is 20.2. The van der Waals surface area contributed by atoms with Crippen molar-refractivity contribution in [2.45, 2.75) is 60.0 Å². The summed E-state index contributed by atoms with van der Waals surface area (Å²) in [7, 11) is 2.12. The van der Waals surface area contributed by atoms with Crippen molar-refractivity contribution in [3.63, 3.8) is 0 Å². The number of benzene rings is 1.